The van der Waals surface area contributed by atoms with Crippen LogP contribution in [-0.2, 0) is 14.8 Å². The molecule has 0 aliphatic carbocycles. The molecule has 0 N–H and O–H groups in total. The highest BCUT2D eigenvalue weighted by molar-refractivity contribution is 7.89. The van der Waals surface area contributed by atoms with Crippen LogP contribution in [0, 0.1) is 6.92 Å². The van der Waals surface area contributed by atoms with Gasteiger partial charge in [0, 0.05) is 13.1 Å². The summed E-state index contributed by atoms with van der Waals surface area (Å²) in [6.07, 6.45) is -0.268. The standard InChI is InChI=1S/C21H21NO3S/c1-16-9-11-18(12-10-16)26(23,24)22-13-14-25-21(15-22)20-8-4-6-17-5-2-3-7-19(17)20/h2-12,21H,13-15H2,1H3. The van der Waals surface area contributed by atoms with E-state index in [4.69, 9.17) is 4.74 Å². The molecule has 1 fully saturated rings. The maximum atomic E-state index is 13.0. The molecule has 4 nitrogen and oxygen atoms in total. The number of sulfonamides is 1. The first-order chi connectivity index (χ1) is 12.6. The fraction of sp³-hybridized carbons (Fsp3) is 0.238. The minimum atomic E-state index is -3.52. The highest BCUT2D eigenvalue weighted by Gasteiger charge is 2.32. The van der Waals surface area contributed by atoms with Gasteiger partial charge >= 0.3 is 0 Å². The van der Waals surface area contributed by atoms with Gasteiger partial charge in [0.05, 0.1) is 17.6 Å². The normalized spacial score (nSPS) is 18.9. The molecule has 0 saturated carbocycles. The van der Waals surface area contributed by atoms with Gasteiger partial charge in [0.1, 0.15) is 0 Å². The largest absolute Gasteiger partial charge is 0.371 e. The first-order valence-corrected chi connectivity index (χ1v) is 10.2. The van der Waals surface area contributed by atoms with Gasteiger partial charge in [-0.15, -0.1) is 0 Å². The number of hydrogen-bond donors (Lipinski definition) is 0. The molecule has 5 heteroatoms. The number of aryl methyl sites for hydroxylation is 1. The van der Waals surface area contributed by atoms with Gasteiger partial charge in [0.25, 0.3) is 0 Å². The van der Waals surface area contributed by atoms with Gasteiger partial charge in [-0.2, -0.15) is 4.31 Å². The Morgan fingerprint density at radius 3 is 2.50 bits per heavy atom. The Morgan fingerprint density at radius 2 is 1.69 bits per heavy atom. The van der Waals surface area contributed by atoms with Crippen molar-refractivity contribution < 1.29 is 13.2 Å². The van der Waals surface area contributed by atoms with Crippen LogP contribution in [0.1, 0.15) is 17.2 Å². The van der Waals surface area contributed by atoms with Gasteiger partial charge in [0.2, 0.25) is 10.0 Å². The molecule has 0 radical (unpaired) electrons. The Balaban J connectivity index is 1.66. The lowest BCUT2D eigenvalue weighted by atomic mass is 10.00. The Labute approximate surface area is 154 Å². The lowest BCUT2D eigenvalue weighted by molar-refractivity contribution is -0.00173. The fourth-order valence-corrected chi connectivity index (χ4v) is 4.85. The molecule has 0 bridgehead atoms. The first kappa shape index (κ1) is 17.2. The van der Waals surface area contributed by atoms with E-state index in [1.807, 2.05) is 43.3 Å². The van der Waals surface area contributed by atoms with Crippen LogP contribution in [-0.4, -0.2) is 32.4 Å². The molecule has 26 heavy (non-hydrogen) atoms. The van der Waals surface area contributed by atoms with Crippen molar-refractivity contribution in [1.29, 1.82) is 0 Å². The van der Waals surface area contributed by atoms with Crippen molar-refractivity contribution in [2.75, 3.05) is 19.7 Å². The third-order valence-corrected chi connectivity index (χ3v) is 6.74. The molecule has 3 aromatic rings. The lowest BCUT2D eigenvalue weighted by Crippen LogP contribution is -2.42. The van der Waals surface area contributed by atoms with Crippen molar-refractivity contribution in [1.82, 2.24) is 4.31 Å². The molecule has 1 heterocycles. The molecule has 3 aromatic carbocycles. The van der Waals surface area contributed by atoms with Crippen LogP contribution in [0.25, 0.3) is 10.8 Å². The summed E-state index contributed by atoms with van der Waals surface area (Å²) in [6, 6.07) is 21.2. The van der Waals surface area contributed by atoms with Crippen molar-refractivity contribution in [3.63, 3.8) is 0 Å². The summed E-state index contributed by atoms with van der Waals surface area (Å²) in [5.41, 5.74) is 2.08. The minimum Gasteiger partial charge on any atom is -0.371 e. The van der Waals surface area contributed by atoms with E-state index in [2.05, 4.69) is 18.2 Å². The van der Waals surface area contributed by atoms with Crippen molar-refractivity contribution in [2.45, 2.75) is 17.9 Å². The summed E-state index contributed by atoms with van der Waals surface area (Å²) in [5.74, 6) is 0. The molecule has 0 spiro atoms. The zero-order chi connectivity index (χ0) is 18.1. The number of hydrogen-bond acceptors (Lipinski definition) is 3. The van der Waals surface area contributed by atoms with Crippen LogP contribution < -0.4 is 0 Å². The van der Waals surface area contributed by atoms with Gasteiger partial charge in [-0.1, -0.05) is 60.2 Å². The zero-order valence-corrected chi connectivity index (χ0v) is 15.4. The third-order valence-electron chi connectivity index (χ3n) is 4.86. The van der Waals surface area contributed by atoms with Gasteiger partial charge in [-0.3, -0.25) is 0 Å². The second-order valence-corrected chi connectivity index (χ2v) is 8.54. The van der Waals surface area contributed by atoms with Crippen LogP contribution in [0.3, 0.4) is 0 Å². The number of benzene rings is 3. The summed E-state index contributed by atoms with van der Waals surface area (Å²) in [7, 11) is -3.52. The van der Waals surface area contributed by atoms with Crippen molar-refractivity contribution in [2.24, 2.45) is 0 Å². The zero-order valence-electron chi connectivity index (χ0n) is 14.6. The van der Waals surface area contributed by atoms with E-state index in [9.17, 15) is 8.42 Å². The predicted octanol–water partition coefficient (Wildman–Crippen LogP) is 3.91. The molecule has 1 aliphatic rings. The van der Waals surface area contributed by atoms with Crippen molar-refractivity contribution in [3.8, 4) is 0 Å². The highest BCUT2D eigenvalue weighted by Crippen LogP contribution is 2.31. The second kappa shape index (κ2) is 6.83. The average molecular weight is 367 g/mol. The second-order valence-electron chi connectivity index (χ2n) is 6.60. The van der Waals surface area contributed by atoms with E-state index in [0.717, 1.165) is 21.9 Å². The van der Waals surface area contributed by atoms with Crippen molar-refractivity contribution >= 4 is 20.8 Å². The Bertz CT molecular complexity index is 1020. The Morgan fingerprint density at radius 1 is 0.962 bits per heavy atom. The van der Waals surface area contributed by atoms with Crippen LogP contribution >= 0.6 is 0 Å². The van der Waals surface area contributed by atoms with Crippen LogP contribution in [0.15, 0.2) is 71.6 Å². The number of fused-ring (bicyclic) bond motifs is 1. The maximum Gasteiger partial charge on any atom is 0.243 e. The van der Waals surface area contributed by atoms with E-state index >= 15 is 0 Å². The van der Waals surface area contributed by atoms with Crippen LogP contribution in [0.2, 0.25) is 0 Å². The number of rotatable bonds is 3. The highest BCUT2D eigenvalue weighted by atomic mass is 32.2. The van der Waals surface area contributed by atoms with Crippen LogP contribution in [0.4, 0.5) is 0 Å². The molecular formula is C21H21NO3S. The Hall–Kier alpha value is -2.21. The fourth-order valence-electron chi connectivity index (χ4n) is 3.42. The summed E-state index contributed by atoms with van der Waals surface area (Å²) in [4.78, 5) is 0.335. The third kappa shape index (κ3) is 3.14. The van der Waals surface area contributed by atoms with Crippen molar-refractivity contribution in [3.05, 3.63) is 77.9 Å². The number of nitrogens with zero attached hydrogens (tertiary/aromatic N) is 1. The van der Waals surface area contributed by atoms with Gasteiger partial charge < -0.3 is 4.74 Å². The molecule has 1 atom stereocenters. The monoisotopic (exact) mass is 367 g/mol. The van der Waals surface area contributed by atoms with Crippen LogP contribution in [0.5, 0.6) is 0 Å². The molecule has 1 aliphatic heterocycles. The number of ether oxygens (including phenoxy) is 1. The summed E-state index contributed by atoms with van der Waals surface area (Å²) in [5, 5.41) is 2.24. The lowest BCUT2D eigenvalue weighted by Gasteiger charge is -2.33. The molecule has 1 unspecified atom stereocenters. The minimum absolute atomic E-state index is 0.268. The van der Waals surface area contributed by atoms with E-state index < -0.39 is 10.0 Å². The number of morpholine rings is 1. The first-order valence-electron chi connectivity index (χ1n) is 8.72. The topological polar surface area (TPSA) is 46.6 Å². The molecule has 4 rings (SSSR count). The summed E-state index contributed by atoms with van der Waals surface area (Å²) >= 11 is 0. The van der Waals surface area contributed by atoms with Gasteiger partial charge in [0.15, 0.2) is 0 Å². The maximum absolute atomic E-state index is 13.0. The molecule has 0 amide bonds. The van der Waals surface area contributed by atoms with E-state index in [1.165, 1.54) is 4.31 Å². The van der Waals surface area contributed by atoms with Gasteiger partial charge in [-0.25, -0.2) is 8.42 Å². The molecule has 0 aromatic heterocycles. The smallest absolute Gasteiger partial charge is 0.243 e. The van der Waals surface area contributed by atoms with E-state index in [-0.39, 0.29) is 6.10 Å². The molecule has 1 saturated heterocycles. The van der Waals surface area contributed by atoms with E-state index in [0.29, 0.717) is 24.6 Å². The average Bonchev–Trinajstić information content (AvgIpc) is 2.68. The summed E-state index contributed by atoms with van der Waals surface area (Å²) < 4.78 is 33.5. The van der Waals surface area contributed by atoms with E-state index in [1.54, 1.807) is 12.1 Å². The molecule has 134 valence electrons. The Kier molecular flexibility index (Phi) is 4.53. The predicted molar refractivity (Wildman–Crippen MR) is 103 cm³/mol. The summed E-state index contributed by atoms with van der Waals surface area (Å²) in [6.45, 7) is 3.03. The quantitative estimate of drug-likeness (QED) is 0.705. The SMILES string of the molecule is Cc1ccc(S(=O)(=O)N2CCOC(c3cccc4ccccc34)C2)cc1. The molecular weight excluding hydrogens is 346 g/mol. The van der Waals surface area contributed by atoms with Gasteiger partial charge in [-0.05, 0) is 35.4 Å².